The van der Waals surface area contributed by atoms with E-state index in [9.17, 15) is 30.0 Å². The van der Waals surface area contributed by atoms with Gasteiger partial charge in [-0.3, -0.25) is 4.79 Å². The number of amides is 1. The van der Waals surface area contributed by atoms with Crippen LogP contribution >= 0.6 is 0 Å². The second-order valence-corrected chi connectivity index (χ2v) is 4.91. The maximum Gasteiger partial charge on any atom is 0.364 e. The van der Waals surface area contributed by atoms with Crippen LogP contribution in [-0.4, -0.2) is 85.4 Å². The molecule has 10 heteroatoms. The lowest BCUT2D eigenvalue weighted by atomic mass is 9.89. The molecule has 1 rings (SSSR count). The predicted molar refractivity (Wildman–Crippen MR) is 64.8 cm³/mol. The van der Waals surface area contributed by atoms with Crippen molar-refractivity contribution in [3.05, 3.63) is 0 Å². The summed E-state index contributed by atoms with van der Waals surface area (Å²) in [6.45, 7) is 0.250. The van der Waals surface area contributed by atoms with Gasteiger partial charge in [-0.15, -0.1) is 0 Å². The van der Waals surface area contributed by atoms with Crippen LogP contribution in [0.5, 0.6) is 0 Å². The van der Waals surface area contributed by atoms with Gasteiger partial charge in [0.15, 0.2) is 0 Å². The van der Waals surface area contributed by atoms with Crippen molar-refractivity contribution in [3.8, 4) is 0 Å². The van der Waals surface area contributed by atoms with Crippen molar-refractivity contribution >= 4 is 11.9 Å². The van der Waals surface area contributed by atoms with E-state index in [4.69, 9.17) is 14.9 Å². The van der Waals surface area contributed by atoms with Gasteiger partial charge in [-0.05, 0) is 0 Å². The van der Waals surface area contributed by atoms with Gasteiger partial charge < -0.3 is 40.7 Å². The summed E-state index contributed by atoms with van der Waals surface area (Å²) >= 11 is 0. The van der Waals surface area contributed by atoms with Crippen molar-refractivity contribution in [2.75, 3.05) is 6.61 Å². The van der Waals surface area contributed by atoms with Gasteiger partial charge in [-0.25, -0.2) is 4.79 Å². The minimum atomic E-state index is -2.76. The number of hydrogen-bond donors (Lipinski definition) is 7. The van der Waals surface area contributed by atoms with Crippen LogP contribution in [0.3, 0.4) is 0 Å². The van der Waals surface area contributed by atoms with E-state index in [2.05, 4.69) is 5.32 Å². The van der Waals surface area contributed by atoms with Crippen LogP contribution in [-0.2, 0) is 14.3 Å². The fourth-order valence-corrected chi connectivity index (χ4v) is 2.12. The maximum absolute atomic E-state index is 11.1. The third-order valence-corrected chi connectivity index (χ3v) is 3.22. The highest BCUT2D eigenvalue weighted by Crippen LogP contribution is 2.30. The monoisotopic (exact) mass is 309 g/mol. The lowest BCUT2D eigenvalue weighted by molar-refractivity contribution is -0.299. The molecule has 1 aliphatic heterocycles. The van der Waals surface area contributed by atoms with Crippen molar-refractivity contribution in [1.29, 1.82) is 0 Å². The van der Waals surface area contributed by atoms with E-state index in [-0.39, 0.29) is 0 Å². The maximum atomic E-state index is 11.1. The van der Waals surface area contributed by atoms with Crippen molar-refractivity contribution in [2.45, 2.75) is 49.6 Å². The van der Waals surface area contributed by atoms with E-state index in [1.807, 2.05) is 0 Å². The molecule has 0 saturated carbocycles. The van der Waals surface area contributed by atoms with Crippen LogP contribution in [0, 0.1) is 0 Å². The molecule has 0 aromatic rings. The van der Waals surface area contributed by atoms with E-state index >= 15 is 0 Å². The minimum absolute atomic E-state index is 0.593. The molecule has 0 spiro atoms. The molecule has 0 bridgehead atoms. The largest absolute Gasteiger partial charge is 0.477 e. The molecule has 0 aromatic heterocycles. The SMILES string of the molecule is CC(=O)N[C@H]1C[C@@](O)(C(=O)O)O[C@@H]([C@H](O)[C@H](O)CO)[C@@H]1O. The Labute approximate surface area is 119 Å². The number of rotatable bonds is 5. The molecule has 6 atom stereocenters. The summed E-state index contributed by atoms with van der Waals surface area (Å²) in [7, 11) is 0. The zero-order chi connectivity index (χ0) is 16.4. The van der Waals surface area contributed by atoms with Crippen LogP contribution < -0.4 is 5.32 Å². The number of carboxylic acid groups (broad SMARTS) is 1. The van der Waals surface area contributed by atoms with Gasteiger partial charge in [0.2, 0.25) is 5.91 Å². The molecule has 0 unspecified atom stereocenters. The summed E-state index contributed by atoms with van der Waals surface area (Å²) in [4.78, 5) is 22.1. The van der Waals surface area contributed by atoms with E-state index in [0.29, 0.717) is 0 Å². The van der Waals surface area contributed by atoms with Gasteiger partial charge in [0, 0.05) is 13.3 Å². The average molecular weight is 309 g/mol. The van der Waals surface area contributed by atoms with Gasteiger partial charge in [-0.2, -0.15) is 0 Å². The number of aliphatic hydroxyl groups excluding tert-OH is 4. The molecule has 7 N–H and O–H groups in total. The minimum Gasteiger partial charge on any atom is -0.477 e. The van der Waals surface area contributed by atoms with Gasteiger partial charge >= 0.3 is 5.97 Å². The summed E-state index contributed by atoms with van der Waals surface area (Å²) in [6, 6.07) is -1.22. The summed E-state index contributed by atoms with van der Waals surface area (Å²) < 4.78 is 4.78. The van der Waals surface area contributed by atoms with Crippen molar-refractivity contribution in [3.63, 3.8) is 0 Å². The Morgan fingerprint density at radius 1 is 1.43 bits per heavy atom. The van der Waals surface area contributed by atoms with Gasteiger partial charge in [0.05, 0.1) is 12.6 Å². The first-order valence-corrected chi connectivity index (χ1v) is 6.18. The van der Waals surface area contributed by atoms with Gasteiger partial charge in [0.25, 0.3) is 5.79 Å². The summed E-state index contributed by atoms with van der Waals surface area (Å²) in [5.41, 5.74) is 0. The number of aliphatic carboxylic acids is 1. The van der Waals surface area contributed by atoms with Gasteiger partial charge in [-0.1, -0.05) is 0 Å². The molecule has 1 aliphatic rings. The lowest BCUT2D eigenvalue weighted by Crippen LogP contribution is -2.66. The smallest absolute Gasteiger partial charge is 0.364 e. The molecule has 0 radical (unpaired) electrons. The average Bonchev–Trinajstić information content (AvgIpc) is 2.40. The quantitative estimate of drug-likeness (QED) is 0.268. The van der Waals surface area contributed by atoms with E-state index in [0.717, 1.165) is 6.92 Å². The lowest BCUT2D eigenvalue weighted by Gasteiger charge is -2.44. The third-order valence-electron chi connectivity index (χ3n) is 3.22. The first-order chi connectivity index (χ1) is 9.62. The molecule has 0 aliphatic carbocycles. The second kappa shape index (κ2) is 6.64. The highest BCUT2D eigenvalue weighted by molar-refractivity contribution is 5.76. The molecule has 0 aromatic carbocycles. The highest BCUT2D eigenvalue weighted by Gasteiger charge is 2.53. The number of nitrogens with one attached hydrogen (secondary N) is 1. The van der Waals surface area contributed by atoms with Crippen LogP contribution in [0.15, 0.2) is 0 Å². The summed E-state index contributed by atoms with van der Waals surface area (Å²) in [6.07, 6.45) is -7.56. The number of ether oxygens (including phenoxy) is 1. The number of aliphatic hydroxyl groups is 5. The Balaban J connectivity index is 3.05. The van der Waals surface area contributed by atoms with Crippen molar-refractivity contribution < 1.29 is 45.0 Å². The van der Waals surface area contributed by atoms with Crippen molar-refractivity contribution in [1.82, 2.24) is 5.32 Å². The predicted octanol–water partition coefficient (Wildman–Crippen LogP) is -3.87. The number of carboxylic acids is 1. The van der Waals surface area contributed by atoms with Crippen LogP contribution in [0.4, 0.5) is 0 Å². The zero-order valence-electron chi connectivity index (χ0n) is 11.2. The standard InChI is InChI=1S/C11H19NO9/c1-4(14)12-5-2-11(20,10(18)19)21-9(7(5)16)8(17)6(15)3-13/h5-9,13,15-17,20H,2-3H2,1H3,(H,12,14)(H,18,19)/t5-,6+,7+,8+,9+,11-/m0/s1. The van der Waals surface area contributed by atoms with Crippen molar-refractivity contribution in [2.24, 2.45) is 0 Å². The fraction of sp³-hybridized carbons (Fsp3) is 0.818. The molecule has 1 heterocycles. The topological polar surface area (TPSA) is 177 Å². The first kappa shape index (κ1) is 17.8. The molecule has 1 amide bonds. The molecule has 122 valence electrons. The molecular formula is C11H19NO9. The number of carbonyl (C=O) groups is 2. The zero-order valence-corrected chi connectivity index (χ0v) is 11.2. The molecule has 1 fully saturated rings. The first-order valence-electron chi connectivity index (χ1n) is 6.18. The molecule has 1 saturated heterocycles. The number of hydrogen-bond acceptors (Lipinski definition) is 8. The van der Waals surface area contributed by atoms with Gasteiger partial charge in [0.1, 0.15) is 24.4 Å². The van der Waals surface area contributed by atoms with E-state index in [1.165, 1.54) is 0 Å². The Morgan fingerprint density at radius 3 is 2.43 bits per heavy atom. The third kappa shape index (κ3) is 3.87. The van der Waals surface area contributed by atoms with E-state index < -0.39 is 61.1 Å². The van der Waals surface area contributed by atoms with Crippen LogP contribution in [0.25, 0.3) is 0 Å². The Bertz CT molecular complexity index is 403. The summed E-state index contributed by atoms with van der Waals surface area (Å²) in [5, 5.41) is 59.0. The molecule has 10 nitrogen and oxygen atoms in total. The van der Waals surface area contributed by atoms with Crippen LogP contribution in [0.1, 0.15) is 13.3 Å². The second-order valence-electron chi connectivity index (χ2n) is 4.91. The van der Waals surface area contributed by atoms with Crippen LogP contribution in [0.2, 0.25) is 0 Å². The Hall–Kier alpha value is -1.30. The van der Waals surface area contributed by atoms with E-state index in [1.54, 1.807) is 0 Å². The Kier molecular flexibility index (Phi) is 5.61. The normalized spacial score (nSPS) is 35.8. The number of carbonyl (C=O) groups excluding carboxylic acids is 1. The molecular weight excluding hydrogens is 290 g/mol. The fourth-order valence-electron chi connectivity index (χ4n) is 2.12. The Morgan fingerprint density at radius 2 is 2.00 bits per heavy atom. The summed E-state index contributed by atoms with van der Waals surface area (Å²) in [5.74, 6) is -5.13. The molecule has 21 heavy (non-hydrogen) atoms. The highest BCUT2D eigenvalue weighted by atomic mass is 16.7.